The van der Waals surface area contributed by atoms with Gasteiger partial charge in [0.25, 0.3) is 5.91 Å². The second-order valence-corrected chi connectivity index (χ2v) is 8.45. The summed E-state index contributed by atoms with van der Waals surface area (Å²) in [7, 11) is 1.58. The minimum atomic E-state index is -0.611. The minimum absolute atomic E-state index is 0.244. The van der Waals surface area contributed by atoms with Crippen LogP contribution in [0.2, 0.25) is 0 Å². The predicted octanol–water partition coefficient (Wildman–Crippen LogP) is 6.40. The zero-order chi connectivity index (χ0) is 25.2. The third-order valence-corrected chi connectivity index (χ3v) is 6.20. The molecule has 0 aliphatic carbocycles. The van der Waals surface area contributed by atoms with E-state index >= 15 is 0 Å². The van der Waals surface area contributed by atoms with Crippen LogP contribution in [0.15, 0.2) is 95.6 Å². The van der Waals surface area contributed by atoms with E-state index in [1.807, 2.05) is 37.3 Å². The van der Waals surface area contributed by atoms with Gasteiger partial charge < -0.3 is 20.2 Å². The Hall–Kier alpha value is -4.84. The van der Waals surface area contributed by atoms with Crippen molar-refractivity contribution in [3.8, 4) is 16.9 Å². The first-order chi connectivity index (χ1) is 17.5. The Balaban J connectivity index is 1.56. The first-order valence-corrected chi connectivity index (χ1v) is 11.4. The average Bonchev–Trinajstić information content (AvgIpc) is 3.30. The van der Waals surface area contributed by atoms with E-state index < -0.39 is 5.91 Å². The van der Waals surface area contributed by atoms with E-state index in [0.29, 0.717) is 22.6 Å². The van der Waals surface area contributed by atoms with Crippen LogP contribution in [-0.2, 0) is 4.79 Å². The van der Waals surface area contributed by atoms with Crippen molar-refractivity contribution in [1.29, 1.82) is 0 Å². The van der Waals surface area contributed by atoms with E-state index in [1.165, 1.54) is 6.08 Å². The Morgan fingerprint density at radius 1 is 0.889 bits per heavy atom. The van der Waals surface area contributed by atoms with Crippen molar-refractivity contribution in [3.05, 3.63) is 102 Å². The highest BCUT2D eigenvalue weighted by molar-refractivity contribution is 6.09. The van der Waals surface area contributed by atoms with Crippen LogP contribution in [0.25, 0.3) is 38.4 Å². The van der Waals surface area contributed by atoms with Gasteiger partial charge in [-0.2, -0.15) is 0 Å². The lowest BCUT2D eigenvalue weighted by Gasteiger charge is -2.11. The van der Waals surface area contributed by atoms with Crippen LogP contribution in [0.4, 0.5) is 5.69 Å². The molecule has 2 amide bonds. The number of allylic oxidation sites excluding steroid dienone is 1. The lowest BCUT2D eigenvalue weighted by atomic mass is 9.96. The molecule has 5 rings (SSSR count). The SMILES string of the molecule is COc1cc2occ(-c3cccc4ccccc34)c2cc1/C(C)=C/C(=O)Nc1ccccc1C(N)=O. The summed E-state index contributed by atoms with van der Waals surface area (Å²) in [5.74, 6) is -0.412. The van der Waals surface area contributed by atoms with Gasteiger partial charge in [0.15, 0.2) is 0 Å². The van der Waals surface area contributed by atoms with Gasteiger partial charge in [-0.1, -0.05) is 54.6 Å². The number of nitrogens with two attached hydrogens (primary N) is 1. The minimum Gasteiger partial charge on any atom is -0.496 e. The molecule has 0 spiro atoms. The number of anilines is 1. The van der Waals surface area contributed by atoms with Gasteiger partial charge in [0.05, 0.1) is 24.6 Å². The molecule has 0 unspecified atom stereocenters. The van der Waals surface area contributed by atoms with Gasteiger partial charge in [-0.15, -0.1) is 0 Å². The molecule has 0 radical (unpaired) electrons. The molecule has 0 bridgehead atoms. The molecule has 178 valence electrons. The molecule has 6 nitrogen and oxygen atoms in total. The average molecular weight is 477 g/mol. The Labute approximate surface area is 208 Å². The zero-order valence-corrected chi connectivity index (χ0v) is 19.9. The molecule has 0 atom stereocenters. The van der Waals surface area contributed by atoms with Crippen LogP contribution in [0.3, 0.4) is 0 Å². The molecule has 0 aliphatic heterocycles. The largest absolute Gasteiger partial charge is 0.496 e. The van der Waals surface area contributed by atoms with Gasteiger partial charge in [0.1, 0.15) is 11.3 Å². The highest BCUT2D eigenvalue weighted by atomic mass is 16.5. The van der Waals surface area contributed by atoms with Gasteiger partial charge in [-0.3, -0.25) is 9.59 Å². The van der Waals surface area contributed by atoms with Crippen molar-refractivity contribution in [1.82, 2.24) is 0 Å². The molecule has 0 aliphatic rings. The number of nitrogens with one attached hydrogen (secondary N) is 1. The molecule has 0 saturated carbocycles. The quantitative estimate of drug-likeness (QED) is 0.277. The summed E-state index contributed by atoms with van der Waals surface area (Å²) in [6, 6.07) is 24.8. The fourth-order valence-corrected chi connectivity index (χ4v) is 4.45. The van der Waals surface area contributed by atoms with Gasteiger partial charge >= 0.3 is 0 Å². The van der Waals surface area contributed by atoms with Crippen molar-refractivity contribution < 1.29 is 18.7 Å². The molecule has 0 fully saturated rings. The Bertz CT molecular complexity index is 1660. The maximum atomic E-state index is 12.8. The first kappa shape index (κ1) is 22.9. The van der Waals surface area contributed by atoms with Crippen molar-refractivity contribution >= 4 is 44.8 Å². The summed E-state index contributed by atoms with van der Waals surface area (Å²) < 4.78 is 11.5. The number of methoxy groups -OCH3 is 1. The second kappa shape index (κ2) is 9.43. The van der Waals surface area contributed by atoms with E-state index in [9.17, 15) is 9.59 Å². The maximum absolute atomic E-state index is 12.8. The maximum Gasteiger partial charge on any atom is 0.250 e. The van der Waals surface area contributed by atoms with Crippen LogP contribution >= 0.6 is 0 Å². The normalized spacial score (nSPS) is 11.6. The van der Waals surface area contributed by atoms with E-state index in [4.69, 9.17) is 14.9 Å². The molecular formula is C30H24N2O4. The smallest absolute Gasteiger partial charge is 0.250 e. The number of primary amides is 1. The van der Waals surface area contributed by atoms with E-state index in [-0.39, 0.29) is 11.5 Å². The van der Waals surface area contributed by atoms with Crippen molar-refractivity contribution in [2.45, 2.75) is 6.92 Å². The molecule has 1 heterocycles. The van der Waals surface area contributed by atoms with Gasteiger partial charge in [-0.05, 0) is 47.0 Å². The number of hydrogen-bond donors (Lipinski definition) is 2. The summed E-state index contributed by atoms with van der Waals surface area (Å²) >= 11 is 0. The predicted molar refractivity (Wildman–Crippen MR) is 143 cm³/mol. The molecule has 1 aromatic heterocycles. The topological polar surface area (TPSA) is 94.6 Å². The number of furan rings is 1. The zero-order valence-electron chi connectivity index (χ0n) is 19.9. The Morgan fingerprint density at radius 2 is 1.64 bits per heavy atom. The van der Waals surface area contributed by atoms with E-state index in [2.05, 4.69) is 29.6 Å². The van der Waals surface area contributed by atoms with Gasteiger partial charge in [-0.25, -0.2) is 0 Å². The monoisotopic (exact) mass is 476 g/mol. The summed E-state index contributed by atoms with van der Waals surface area (Å²) in [4.78, 5) is 24.5. The van der Waals surface area contributed by atoms with Gasteiger partial charge in [0, 0.05) is 28.7 Å². The molecule has 5 aromatic rings. The number of carbonyl (C=O) groups is 2. The van der Waals surface area contributed by atoms with E-state index in [1.54, 1.807) is 37.6 Å². The summed E-state index contributed by atoms with van der Waals surface area (Å²) in [5, 5.41) is 5.92. The molecule has 4 aromatic carbocycles. The highest BCUT2D eigenvalue weighted by Gasteiger charge is 2.17. The number of para-hydroxylation sites is 1. The van der Waals surface area contributed by atoms with E-state index in [0.717, 1.165) is 32.8 Å². The lowest BCUT2D eigenvalue weighted by molar-refractivity contribution is -0.111. The number of ether oxygens (including phenoxy) is 1. The third kappa shape index (κ3) is 4.20. The van der Waals surface area contributed by atoms with Crippen LogP contribution < -0.4 is 15.8 Å². The fourth-order valence-electron chi connectivity index (χ4n) is 4.45. The summed E-state index contributed by atoms with van der Waals surface area (Å²) in [5.41, 5.74) is 10.2. The molecule has 36 heavy (non-hydrogen) atoms. The van der Waals surface area contributed by atoms with Gasteiger partial charge in [0.2, 0.25) is 5.91 Å². The Morgan fingerprint density at radius 3 is 2.44 bits per heavy atom. The number of fused-ring (bicyclic) bond motifs is 2. The molecule has 0 saturated heterocycles. The standard InChI is InChI=1S/C30H24N2O4/c1-18(14-29(33)32-26-13-6-5-11-22(26)30(31)34)23-15-24-25(17-36-28(24)16-27(23)35-2)21-12-7-9-19-8-3-4-10-20(19)21/h3-17H,1-2H3,(H2,31,34)(H,32,33)/b18-14+. The molecular weight excluding hydrogens is 452 g/mol. The number of benzene rings is 4. The number of rotatable bonds is 6. The van der Waals surface area contributed by atoms with Crippen LogP contribution in [0.5, 0.6) is 5.75 Å². The summed E-state index contributed by atoms with van der Waals surface area (Å²) in [6.45, 7) is 1.83. The van der Waals surface area contributed by atoms with Crippen LogP contribution in [0.1, 0.15) is 22.8 Å². The fraction of sp³-hybridized carbons (Fsp3) is 0.0667. The molecule has 6 heteroatoms. The summed E-state index contributed by atoms with van der Waals surface area (Å²) in [6.07, 6.45) is 3.22. The van der Waals surface area contributed by atoms with Crippen LogP contribution in [0, 0.1) is 0 Å². The highest BCUT2D eigenvalue weighted by Crippen LogP contribution is 2.39. The Kier molecular flexibility index (Phi) is 6.00. The van der Waals surface area contributed by atoms with Crippen molar-refractivity contribution in [2.75, 3.05) is 12.4 Å². The number of carbonyl (C=O) groups excluding carboxylic acids is 2. The number of hydrogen-bond acceptors (Lipinski definition) is 4. The van der Waals surface area contributed by atoms with Crippen molar-refractivity contribution in [3.63, 3.8) is 0 Å². The van der Waals surface area contributed by atoms with Crippen molar-refractivity contribution in [2.24, 2.45) is 5.73 Å². The second-order valence-electron chi connectivity index (χ2n) is 8.45. The number of amides is 2. The lowest BCUT2D eigenvalue weighted by Crippen LogP contribution is -2.17. The van der Waals surface area contributed by atoms with Crippen LogP contribution in [-0.4, -0.2) is 18.9 Å². The first-order valence-electron chi connectivity index (χ1n) is 11.4. The molecule has 3 N–H and O–H groups in total. The third-order valence-electron chi connectivity index (χ3n) is 6.20.